The minimum absolute atomic E-state index is 0.520. The Balaban J connectivity index is 3.82. The van der Waals surface area contributed by atoms with Crippen LogP contribution in [0.4, 0.5) is 0 Å². The molecule has 0 aromatic carbocycles. The molecule has 0 bridgehead atoms. The van der Waals surface area contributed by atoms with Crippen LogP contribution in [0.2, 0.25) is 0 Å². The maximum Gasteiger partial charge on any atom is 0.179 e. The molecule has 17 heavy (non-hydrogen) atoms. The predicted octanol–water partition coefficient (Wildman–Crippen LogP) is 1.45. The first kappa shape index (κ1) is 16.2. The van der Waals surface area contributed by atoms with Gasteiger partial charge < -0.3 is 14.7 Å². The largest absolute Gasteiger partial charge is 0.314 e. The van der Waals surface area contributed by atoms with Gasteiger partial charge >= 0.3 is 0 Å². The molecule has 0 aromatic heterocycles. The molecule has 0 spiro atoms. The number of likely N-dealkylation sites (N-methyl/N-ethyl adjacent to an activating group) is 2. The standard InChI is InChI=1S/C13H28N4/c1-12(2)16(5)9-10-17(6)13(3)7-8-15(4)11-14/h12-13H,7-10H2,1-6H3. The Kier molecular flexibility index (Phi) is 7.94. The zero-order valence-electron chi connectivity index (χ0n) is 12.3. The Morgan fingerprint density at radius 3 is 1.94 bits per heavy atom. The van der Waals surface area contributed by atoms with Gasteiger partial charge in [-0.2, -0.15) is 5.26 Å². The topological polar surface area (TPSA) is 33.5 Å². The van der Waals surface area contributed by atoms with Crippen LogP contribution in [-0.2, 0) is 0 Å². The van der Waals surface area contributed by atoms with Gasteiger partial charge in [0.1, 0.15) is 0 Å². The molecular formula is C13H28N4. The molecule has 4 heteroatoms. The molecule has 0 fully saturated rings. The van der Waals surface area contributed by atoms with E-state index in [2.05, 4.69) is 50.9 Å². The first-order chi connectivity index (χ1) is 7.88. The van der Waals surface area contributed by atoms with Crippen molar-refractivity contribution in [2.24, 2.45) is 0 Å². The molecule has 0 aliphatic heterocycles. The van der Waals surface area contributed by atoms with Crippen molar-refractivity contribution < 1.29 is 0 Å². The summed E-state index contributed by atoms with van der Waals surface area (Å²) in [6.45, 7) is 9.65. The molecule has 0 saturated heterocycles. The third kappa shape index (κ3) is 7.19. The van der Waals surface area contributed by atoms with E-state index in [4.69, 9.17) is 5.26 Å². The van der Waals surface area contributed by atoms with Gasteiger partial charge in [-0.1, -0.05) is 0 Å². The first-order valence-corrected chi connectivity index (χ1v) is 6.39. The zero-order chi connectivity index (χ0) is 13.4. The molecule has 0 N–H and O–H groups in total. The second-order valence-corrected chi connectivity index (χ2v) is 5.21. The Morgan fingerprint density at radius 2 is 1.47 bits per heavy atom. The van der Waals surface area contributed by atoms with Gasteiger partial charge in [-0.05, 0) is 41.3 Å². The van der Waals surface area contributed by atoms with Gasteiger partial charge in [0.15, 0.2) is 6.19 Å². The van der Waals surface area contributed by atoms with Crippen LogP contribution in [-0.4, -0.2) is 67.6 Å². The lowest BCUT2D eigenvalue weighted by atomic mass is 10.2. The summed E-state index contributed by atoms with van der Waals surface area (Å²) >= 11 is 0. The van der Waals surface area contributed by atoms with E-state index < -0.39 is 0 Å². The van der Waals surface area contributed by atoms with E-state index in [-0.39, 0.29) is 0 Å². The van der Waals surface area contributed by atoms with Crippen LogP contribution in [0.15, 0.2) is 0 Å². The summed E-state index contributed by atoms with van der Waals surface area (Å²) in [6, 6.07) is 1.12. The van der Waals surface area contributed by atoms with E-state index in [0.29, 0.717) is 12.1 Å². The number of nitrogens with zero attached hydrogens (tertiary/aromatic N) is 4. The second-order valence-electron chi connectivity index (χ2n) is 5.21. The monoisotopic (exact) mass is 240 g/mol. The molecule has 4 nitrogen and oxygen atoms in total. The lowest BCUT2D eigenvalue weighted by Crippen LogP contribution is -2.39. The van der Waals surface area contributed by atoms with E-state index in [1.807, 2.05) is 7.05 Å². The van der Waals surface area contributed by atoms with Crippen LogP contribution >= 0.6 is 0 Å². The SMILES string of the molecule is CC(C)N(C)CCN(C)C(C)CCN(C)C#N. The normalized spacial score (nSPS) is 13.2. The smallest absolute Gasteiger partial charge is 0.179 e. The number of hydrogen-bond donors (Lipinski definition) is 0. The van der Waals surface area contributed by atoms with E-state index in [0.717, 1.165) is 26.1 Å². The van der Waals surface area contributed by atoms with Gasteiger partial charge in [0.25, 0.3) is 0 Å². The molecule has 0 aliphatic carbocycles. The first-order valence-electron chi connectivity index (χ1n) is 6.39. The van der Waals surface area contributed by atoms with Crippen molar-refractivity contribution in [1.29, 1.82) is 5.26 Å². The summed E-state index contributed by atoms with van der Waals surface area (Å²) in [5, 5.41) is 8.68. The van der Waals surface area contributed by atoms with Crippen LogP contribution in [0.3, 0.4) is 0 Å². The molecular weight excluding hydrogens is 212 g/mol. The van der Waals surface area contributed by atoms with Crippen LogP contribution in [0.25, 0.3) is 0 Å². The fourth-order valence-corrected chi connectivity index (χ4v) is 1.44. The third-order valence-corrected chi connectivity index (χ3v) is 3.49. The fraction of sp³-hybridized carbons (Fsp3) is 0.923. The molecule has 0 aromatic rings. The Bertz CT molecular complexity index is 234. The average molecular weight is 240 g/mol. The van der Waals surface area contributed by atoms with Crippen LogP contribution in [0.5, 0.6) is 0 Å². The van der Waals surface area contributed by atoms with Crippen LogP contribution in [0.1, 0.15) is 27.2 Å². The lowest BCUT2D eigenvalue weighted by molar-refractivity contribution is 0.185. The number of nitriles is 1. The summed E-state index contributed by atoms with van der Waals surface area (Å²) in [4.78, 5) is 6.40. The average Bonchev–Trinajstić information content (AvgIpc) is 2.31. The molecule has 0 aliphatic rings. The minimum atomic E-state index is 0.520. The van der Waals surface area contributed by atoms with Crippen LogP contribution in [0, 0.1) is 11.5 Å². The summed E-state index contributed by atoms with van der Waals surface area (Å²) in [5.74, 6) is 0. The van der Waals surface area contributed by atoms with Crippen molar-refractivity contribution in [2.45, 2.75) is 39.3 Å². The summed E-state index contributed by atoms with van der Waals surface area (Å²) in [7, 11) is 6.15. The molecule has 0 radical (unpaired) electrons. The molecule has 100 valence electrons. The third-order valence-electron chi connectivity index (χ3n) is 3.49. The fourth-order valence-electron chi connectivity index (χ4n) is 1.44. The number of rotatable bonds is 8. The molecule has 1 atom stereocenters. The quantitative estimate of drug-likeness (QED) is 0.475. The highest BCUT2D eigenvalue weighted by molar-refractivity contribution is 4.73. The number of hydrogen-bond acceptors (Lipinski definition) is 4. The van der Waals surface area contributed by atoms with E-state index in [9.17, 15) is 0 Å². The highest BCUT2D eigenvalue weighted by Crippen LogP contribution is 2.03. The summed E-state index contributed by atoms with van der Waals surface area (Å²) in [5.41, 5.74) is 0. The van der Waals surface area contributed by atoms with Crippen molar-refractivity contribution in [1.82, 2.24) is 14.7 Å². The minimum Gasteiger partial charge on any atom is -0.314 e. The van der Waals surface area contributed by atoms with Gasteiger partial charge in [-0.15, -0.1) is 0 Å². The van der Waals surface area contributed by atoms with Crippen molar-refractivity contribution in [3.05, 3.63) is 0 Å². The van der Waals surface area contributed by atoms with E-state index in [1.165, 1.54) is 0 Å². The van der Waals surface area contributed by atoms with Crippen molar-refractivity contribution >= 4 is 0 Å². The molecule has 0 saturated carbocycles. The highest BCUT2D eigenvalue weighted by atomic mass is 15.2. The lowest BCUT2D eigenvalue weighted by Gasteiger charge is -2.29. The van der Waals surface area contributed by atoms with Gasteiger partial charge in [-0.3, -0.25) is 0 Å². The van der Waals surface area contributed by atoms with Crippen molar-refractivity contribution in [2.75, 3.05) is 40.8 Å². The predicted molar refractivity (Wildman–Crippen MR) is 72.7 cm³/mol. The van der Waals surface area contributed by atoms with E-state index in [1.54, 1.807) is 4.90 Å². The second kappa shape index (κ2) is 8.32. The summed E-state index contributed by atoms with van der Waals surface area (Å²) < 4.78 is 0. The zero-order valence-corrected chi connectivity index (χ0v) is 12.3. The van der Waals surface area contributed by atoms with Gasteiger partial charge in [0, 0.05) is 38.8 Å². The molecule has 0 heterocycles. The molecule has 0 rings (SSSR count). The Hall–Kier alpha value is -0.790. The molecule has 1 unspecified atom stereocenters. The highest BCUT2D eigenvalue weighted by Gasteiger charge is 2.11. The maximum atomic E-state index is 8.68. The maximum absolute atomic E-state index is 8.68. The Morgan fingerprint density at radius 1 is 0.941 bits per heavy atom. The van der Waals surface area contributed by atoms with Gasteiger partial charge in [-0.25, -0.2) is 0 Å². The van der Waals surface area contributed by atoms with Crippen molar-refractivity contribution in [3.63, 3.8) is 0 Å². The summed E-state index contributed by atoms with van der Waals surface area (Å²) in [6.07, 6.45) is 3.16. The Labute approximate surface area is 107 Å². The van der Waals surface area contributed by atoms with Gasteiger partial charge in [0.2, 0.25) is 0 Å². The van der Waals surface area contributed by atoms with Gasteiger partial charge in [0.05, 0.1) is 0 Å². The van der Waals surface area contributed by atoms with Crippen LogP contribution < -0.4 is 0 Å². The molecule has 0 amide bonds. The van der Waals surface area contributed by atoms with Crippen molar-refractivity contribution in [3.8, 4) is 6.19 Å². The van der Waals surface area contributed by atoms with E-state index >= 15 is 0 Å².